The van der Waals surface area contributed by atoms with Gasteiger partial charge in [0.2, 0.25) is 10.0 Å². The molecule has 0 spiro atoms. The van der Waals surface area contributed by atoms with E-state index in [0.717, 1.165) is 12.8 Å². The first-order valence-corrected chi connectivity index (χ1v) is 7.20. The summed E-state index contributed by atoms with van der Waals surface area (Å²) in [4.78, 5) is 0. The number of nitrogens with zero attached hydrogens (tertiary/aromatic N) is 1. The number of sulfonamides is 1. The molecule has 1 saturated carbocycles. The zero-order chi connectivity index (χ0) is 12.0. The average Bonchev–Trinajstić information content (AvgIpc) is 3.01. The summed E-state index contributed by atoms with van der Waals surface area (Å²) >= 11 is 0. The van der Waals surface area contributed by atoms with Crippen LogP contribution in [0.15, 0.2) is 0 Å². The molecule has 0 aromatic rings. The highest BCUT2D eigenvalue weighted by atomic mass is 32.2. The second-order valence-corrected chi connectivity index (χ2v) is 6.04. The second-order valence-electron chi connectivity index (χ2n) is 3.95. The molecule has 92 valence electrons. The van der Waals surface area contributed by atoms with Crippen LogP contribution >= 0.6 is 0 Å². The number of hydrogen-bond acceptors (Lipinski definition) is 3. The Kier molecular flexibility index (Phi) is 5.26. The van der Waals surface area contributed by atoms with Crippen molar-refractivity contribution in [2.75, 3.05) is 32.1 Å². The Labute approximate surface area is 98.0 Å². The van der Waals surface area contributed by atoms with E-state index in [2.05, 4.69) is 5.92 Å². The molecular weight excluding hydrogens is 226 g/mol. The van der Waals surface area contributed by atoms with Crippen molar-refractivity contribution >= 4 is 10.0 Å². The van der Waals surface area contributed by atoms with Crippen molar-refractivity contribution < 1.29 is 13.2 Å². The number of terminal acetylenes is 1. The molecule has 0 amide bonds. The molecule has 0 atom stereocenters. The van der Waals surface area contributed by atoms with Crippen LogP contribution < -0.4 is 0 Å². The third-order valence-corrected chi connectivity index (χ3v) is 4.26. The molecule has 0 N–H and O–H groups in total. The van der Waals surface area contributed by atoms with Crippen molar-refractivity contribution in [2.45, 2.75) is 19.8 Å². The first-order valence-electron chi connectivity index (χ1n) is 5.59. The molecule has 0 unspecified atom stereocenters. The highest BCUT2D eigenvalue weighted by molar-refractivity contribution is 7.89. The molecule has 0 aliphatic heterocycles. The summed E-state index contributed by atoms with van der Waals surface area (Å²) in [5.41, 5.74) is 0. The molecular formula is C11H19NO3S. The maximum Gasteiger partial charge on any atom is 0.217 e. The predicted octanol–water partition coefficient (Wildman–Crippen LogP) is 0.698. The molecule has 0 aromatic heterocycles. The van der Waals surface area contributed by atoms with Gasteiger partial charge in [-0.15, -0.1) is 6.42 Å². The highest BCUT2D eigenvalue weighted by Gasteiger charge is 2.29. The number of rotatable bonds is 8. The van der Waals surface area contributed by atoms with Crippen LogP contribution in [0.1, 0.15) is 19.8 Å². The quantitative estimate of drug-likeness (QED) is 0.467. The number of ether oxygens (including phenoxy) is 1. The molecule has 0 heterocycles. The fourth-order valence-electron chi connectivity index (χ4n) is 1.40. The van der Waals surface area contributed by atoms with Gasteiger partial charge >= 0.3 is 0 Å². The molecule has 1 aliphatic rings. The highest BCUT2D eigenvalue weighted by Crippen LogP contribution is 2.30. The van der Waals surface area contributed by atoms with E-state index in [9.17, 15) is 8.42 Å². The summed E-state index contributed by atoms with van der Waals surface area (Å²) < 4.78 is 30.3. The predicted molar refractivity (Wildman–Crippen MR) is 63.4 cm³/mol. The Balaban J connectivity index is 2.49. The summed E-state index contributed by atoms with van der Waals surface area (Å²) in [6.45, 7) is 3.36. The van der Waals surface area contributed by atoms with Crippen LogP contribution in [-0.2, 0) is 14.8 Å². The van der Waals surface area contributed by atoms with Crippen LogP contribution in [0, 0.1) is 18.3 Å². The summed E-state index contributed by atoms with van der Waals surface area (Å²) in [5.74, 6) is 2.94. The van der Waals surface area contributed by atoms with Crippen LogP contribution in [-0.4, -0.2) is 44.8 Å². The van der Waals surface area contributed by atoms with Crippen molar-refractivity contribution in [3.63, 3.8) is 0 Å². The zero-order valence-corrected chi connectivity index (χ0v) is 10.5. The first kappa shape index (κ1) is 13.5. The van der Waals surface area contributed by atoms with E-state index < -0.39 is 10.0 Å². The number of hydrogen-bond donors (Lipinski definition) is 0. The monoisotopic (exact) mass is 245 g/mol. The summed E-state index contributed by atoms with van der Waals surface area (Å²) in [6, 6.07) is 0. The lowest BCUT2D eigenvalue weighted by molar-refractivity contribution is 0.162. The maximum atomic E-state index is 11.9. The van der Waals surface area contributed by atoms with E-state index in [1.807, 2.05) is 6.92 Å². The Hall–Kier alpha value is -0.570. The summed E-state index contributed by atoms with van der Waals surface area (Å²) in [6.07, 6.45) is 7.42. The van der Waals surface area contributed by atoms with Crippen molar-refractivity contribution in [1.82, 2.24) is 4.31 Å². The van der Waals surface area contributed by atoms with Crippen molar-refractivity contribution in [3.05, 3.63) is 0 Å². The van der Waals surface area contributed by atoms with Crippen LogP contribution in [0.4, 0.5) is 0 Å². The zero-order valence-electron chi connectivity index (χ0n) is 9.68. The molecule has 1 rings (SSSR count). The normalized spacial score (nSPS) is 16.3. The minimum atomic E-state index is -3.25. The van der Waals surface area contributed by atoms with Gasteiger partial charge in [-0.1, -0.05) is 5.92 Å². The minimum Gasteiger partial charge on any atom is -0.381 e. The van der Waals surface area contributed by atoms with Crippen LogP contribution in [0.3, 0.4) is 0 Å². The van der Waals surface area contributed by atoms with Gasteiger partial charge in [0.05, 0.1) is 18.9 Å². The van der Waals surface area contributed by atoms with Crippen LogP contribution in [0.2, 0.25) is 0 Å². The molecule has 1 fully saturated rings. The van der Waals surface area contributed by atoms with Gasteiger partial charge in [0.15, 0.2) is 0 Å². The van der Waals surface area contributed by atoms with E-state index in [4.69, 9.17) is 11.2 Å². The van der Waals surface area contributed by atoms with Gasteiger partial charge in [0.25, 0.3) is 0 Å². The molecule has 16 heavy (non-hydrogen) atoms. The Morgan fingerprint density at radius 1 is 1.50 bits per heavy atom. The first-order chi connectivity index (χ1) is 7.60. The van der Waals surface area contributed by atoms with Crippen molar-refractivity contribution in [1.29, 1.82) is 0 Å². The van der Waals surface area contributed by atoms with Gasteiger partial charge in [0.1, 0.15) is 0 Å². The Morgan fingerprint density at radius 3 is 2.69 bits per heavy atom. The van der Waals surface area contributed by atoms with Gasteiger partial charge < -0.3 is 4.74 Å². The van der Waals surface area contributed by atoms with Gasteiger partial charge in [-0.25, -0.2) is 8.42 Å². The van der Waals surface area contributed by atoms with Crippen molar-refractivity contribution in [2.24, 2.45) is 5.92 Å². The third kappa shape index (κ3) is 4.52. The fourth-order valence-corrected chi connectivity index (χ4v) is 2.70. The van der Waals surface area contributed by atoms with E-state index in [1.54, 1.807) is 0 Å². The van der Waals surface area contributed by atoms with Crippen LogP contribution in [0.25, 0.3) is 0 Å². The Bertz CT molecular complexity index is 341. The summed E-state index contributed by atoms with van der Waals surface area (Å²) in [7, 11) is -3.25. The van der Waals surface area contributed by atoms with E-state index in [0.29, 0.717) is 19.1 Å². The van der Waals surface area contributed by atoms with Crippen LogP contribution in [0.5, 0.6) is 0 Å². The van der Waals surface area contributed by atoms with Gasteiger partial charge in [-0.05, 0) is 25.7 Å². The van der Waals surface area contributed by atoms with E-state index >= 15 is 0 Å². The molecule has 4 nitrogen and oxygen atoms in total. The molecule has 0 radical (unpaired) electrons. The molecule has 0 saturated heterocycles. The molecule has 0 aromatic carbocycles. The van der Waals surface area contributed by atoms with E-state index in [1.165, 1.54) is 4.31 Å². The molecule has 0 bridgehead atoms. The van der Waals surface area contributed by atoms with Crippen molar-refractivity contribution in [3.8, 4) is 12.3 Å². The fraction of sp³-hybridized carbons (Fsp3) is 0.818. The second kappa shape index (κ2) is 6.24. The maximum absolute atomic E-state index is 11.9. The third-order valence-electron chi connectivity index (χ3n) is 2.51. The average molecular weight is 245 g/mol. The molecule has 5 heteroatoms. The lowest BCUT2D eigenvalue weighted by Crippen LogP contribution is -2.36. The van der Waals surface area contributed by atoms with E-state index in [-0.39, 0.29) is 18.9 Å². The minimum absolute atomic E-state index is 0.0231. The van der Waals surface area contributed by atoms with Gasteiger partial charge in [0, 0.05) is 13.2 Å². The standard InChI is InChI=1S/C11H19NO3S/c1-3-7-12(10-11-5-6-11)16(13,14)9-8-15-4-2/h1,11H,4-10H2,2H3. The topological polar surface area (TPSA) is 46.6 Å². The summed E-state index contributed by atoms with van der Waals surface area (Å²) in [5, 5.41) is 0. The molecule has 1 aliphatic carbocycles. The Morgan fingerprint density at radius 2 is 2.19 bits per heavy atom. The lowest BCUT2D eigenvalue weighted by atomic mass is 10.4. The smallest absolute Gasteiger partial charge is 0.217 e. The lowest BCUT2D eigenvalue weighted by Gasteiger charge is -2.19. The largest absolute Gasteiger partial charge is 0.381 e. The van der Waals surface area contributed by atoms with Gasteiger partial charge in [-0.3, -0.25) is 0 Å². The van der Waals surface area contributed by atoms with Gasteiger partial charge in [-0.2, -0.15) is 4.31 Å². The SMILES string of the molecule is C#CCN(CC1CC1)S(=O)(=O)CCOCC.